The van der Waals surface area contributed by atoms with E-state index in [0.29, 0.717) is 17.4 Å². The van der Waals surface area contributed by atoms with Gasteiger partial charge < -0.3 is 11.1 Å². The van der Waals surface area contributed by atoms with Crippen LogP contribution in [-0.2, 0) is 11.3 Å². The summed E-state index contributed by atoms with van der Waals surface area (Å²) in [5, 5.41) is 2.79. The molecule has 0 spiro atoms. The van der Waals surface area contributed by atoms with Crippen molar-refractivity contribution in [3.05, 3.63) is 35.4 Å². The highest BCUT2D eigenvalue weighted by Gasteiger charge is 2.48. The Bertz CT molecular complexity index is 533. The smallest absolute Gasteiger partial charge is 0.225 e. The van der Waals surface area contributed by atoms with Gasteiger partial charge in [0.1, 0.15) is 0 Å². The molecule has 4 unspecified atom stereocenters. The molecule has 2 saturated carbocycles. The predicted molar refractivity (Wildman–Crippen MR) is 70.5 cm³/mol. The summed E-state index contributed by atoms with van der Waals surface area (Å²) in [6, 6.07) is 3.59. The quantitative estimate of drug-likeness (QED) is 0.889. The van der Waals surface area contributed by atoms with Crippen LogP contribution in [0.25, 0.3) is 0 Å². The van der Waals surface area contributed by atoms with E-state index in [4.69, 9.17) is 5.73 Å². The molecule has 0 aliphatic heterocycles. The number of hydrogen-bond acceptors (Lipinski definition) is 2. The first-order valence-corrected chi connectivity index (χ1v) is 7.03. The van der Waals surface area contributed by atoms with Crippen molar-refractivity contribution in [2.75, 3.05) is 0 Å². The number of carbonyl (C=O) groups excluding carboxylic acids is 1. The number of hydrogen-bond donors (Lipinski definition) is 2. The Labute approximate surface area is 116 Å². The van der Waals surface area contributed by atoms with E-state index in [-0.39, 0.29) is 24.4 Å². The molecule has 4 atom stereocenters. The molecule has 108 valence electrons. The minimum absolute atomic E-state index is 0.0568. The third-order valence-electron chi connectivity index (χ3n) is 4.73. The molecule has 2 fully saturated rings. The van der Waals surface area contributed by atoms with Crippen molar-refractivity contribution in [1.29, 1.82) is 0 Å². The van der Waals surface area contributed by atoms with Gasteiger partial charge in [0, 0.05) is 12.6 Å². The second kappa shape index (κ2) is 5.13. The largest absolute Gasteiger partial charge is 0.352 e. The molecule has 3 rings (SSSR count). The highest BCUT2D eigenvalue weighted by atomic mass is 19.2. The van der Waals surface area contributed by atoms with Crippen LogP contribution in [0.1, 0.15) is 24.8 Å². The van der Waals surface area contributed by atoms with Crippen LogP contribution in [0, 0.1) is 29.4 Å². The molecule has 3 N–H and O–H groups in total. The summed E-state index contributed by atoms with van der Waals surface area (Å²) in [4.78, 5) is 12.2. The average Bonchev–Trinajstić information content (AvgIpc) is 3.00. The summed E-state index contributed by atoms with van der Waals surface area (Å²) >= 11 is 0. The van der Waals surface area contributed by atoms with Crippen LogP contribution in [0.15, 0.2) is 18.2 Å². The minimum Gasteiger partial charge on any atom is -0.352 e. The van der Waals surface area contributed by atoms with Crippen LogP contribution in [0.5, 0.6) is 0 Å². The van der Waals surface area contributed by atoms with Gasteiger partial charge in [-0.15, -0.1) is 0 Å². The zero-order chi connectivity index (χ0) is 14.3. The lowest BCUT2D eigenvalue weighted by Gasteiger charge is -2.27. The van der Waals surface area contributed by atoms with Crippen LogP contribution in [0.4, 0.5) is 8.78 Å². The highest BCUT2D eigenvalue weighted by Crippen LogP contribution is 2.47. The number of halogens is 2. The fourth-order valence-electron chi connectivity index (χ4n) is 3.68. The van der Waals surface area contributed by atoms with Crippen molar-refractivity contribution in [1.82, 2.24) is 5.32 Å². The molecular formula is C15H18F2N2O. The zero-order valence-corrected chi connectivity index (χ0v) is 11.1. The molecule has 1 aromatic carbocycles. The van der Waals surface area contributed by atoms with E-state index >= 15 is 0 Å². The maximum absolute atomic E-state index is 13.1. The van der Waals surface area contributed by atoms with E-state index < -0.39 is 11.6 Å². The Morgan fingerprint density at radius 2 is 2.00 bits per heavy atom. The van der Waals surface area contributed by atoms with Crippen LogP contribution in [-0.4, -0.2) is 11.9 Å². The van der Waals surface area contributed by atoms with Crippen molar-refractivity contribution < 1.29 is 13.6 Å². The van der Waals surface area contributed by atoms with Crippen molar-refractivity contribution in [3.8, 4) is 0 Å². The van der Waals surface area contributed by atoms with Crippen LogP contribution >= 0.6 is 0 Å². The summed E-state index contributed by atoms with van der Waals surface area (Å²) in [5.41, 5.74) is 6.66. The number of carbonyl (C=O) groups is 1. The molecule has 2 aliphatic carbocycles. The summed E-state index contributed by atoms with van der Waals surface area (Å²) in [7, 11) is 0. The van der Waals surface area contributed by atoms with Crippen molar-refractivity contribution in [2.24, 2.45) is 23.5 Å². The van der Waals surface area contributed by atoms with E-state index in [2.05, 4.69) is 5.32 Å². The maximum Gasteiger partial charge on any atom is 0.225 e. The second-order valence-electron chi connectivity index (χ2n) is 5.90. The molecule has 20 heavy (non-hydrogen) atoms. The van der Waals surface area contributed by atoms with Gasteiger partial charge in [0.2, 0.25) is 5.91 Å². The monoisotopic (exact) mass is 280 g/mol. The SMILES string of the molecule is NC1C2CCC(C2)C1C(=O)NCc1ccc(F)c(F)c1. The molecule has 2 aliphatic rings. The highest BCUT2D eigenvalue weighted by molar-refractivity contribution is 5.80. The molecule has 0 saturated heterocycles. The summed E-state index contributed by atoms with van der Waals surface area (Å²) in [5.74, 6) is -1.10. The lowest BCUT2D eigenvalue weighted by molar-refractivity contribution is -0.127. The molecule has 3 nitrogen and oxygen atoms in total. The van der Waals surface area contributed by atoms with E-state index in [0.717, 1.165) is 31.4 Å². The average molecular weight is 280 g/mol. The van der Waals surface area contributed by atoms with Crippen molar-refractivity contribution >= 4 is 5.91 Å². The standard InChI is InChI=1S/C15H18F2N2O/c16-11-4-1-8(5-12(11)17)7-19-15(20)13-9-2-3-10(6-9)14(13)18/h1,4-5,9-10,13-14H,2-3,6-7,18H2,(H,19,20). The first kappa shape index (κ1) is 13.5. The number of fused-ring (bicyclic) bond motifs is 2. The van der Waals surface area contributed by atoms with Gasteiger partial charge >= 0.3 is 0 Å². The molecule has 0 radical (unpaired) electrons. The first-order chi connectivity index (χ1) is 9.56. The molecule has 5 heteroatoms. The Morgan fingerprint density at radius 3 is 2.65 bits per heavy atom. The third-order valence-corrected chi connectivity index (χ3v) is 4.73. The van der Waals surface area contributed by atoms with E-state index in [9.17, 15) is 13.6 Å². The van der Waals surface area contributed by atoms with Crippen molar-refractivity contribution in [2.45, 2.75) is 31.8 Å². The van der Waals surface area contributed by atoms with Gasteiger partial charge in [-0.3, -0.25) is 4.79 Å². The Morgan fingerprint density at radius 1 is 1.25 bits per heavy atom. The Kier molecular flexibility index (Phi) is 3.46. The fourth-order valence-corrected chi connectivity index (χ4v) is 3.68. The number of nitrogens with two attached hydrogens (primary N) is 1. The number of benzene rings is 1. The van der Waals surface area contributed by atoms with Gasteiger partial charge in [-0.1, -0.05) is 6.07 Å². The number of nitrogens with one attached hydrogen (secondary N) is 1. The number of amides is 1. The van der Waals surface area contributed by atoms with Gasteiger partial charge in [0.25, 0.3) is 0 Å². The summed E-state index contributed by atoms with van der Waals surface area (Å²) < 4.78 is 25.9. The van der Waals surface area contributed by atoms with Gasteiger partial charge in [0.05, 0.1) is 5.92 Å². The van der Waals surface area contributed by atoms with Crippen LogP contribution < -0.4 is 11.1 Å². The summed E-state index contributed by atoms with van der Waals surface area (Å²) in [6.07, 6.45) is 3.24. The molecular weight excluding hydrogens is 262 g/mol. The third kappa shape index (κ3) is 2.30. The molecule has 0 aromatic heterocycles. The lowest BCUT2D eigenvalue weighted by Crippen LogP contribution is -2.45. The first-order valence-electron chi connectivity index (χ1n) is 7.03. The predicted octanol–water partition coefficient (Wildman–Crippen LogP) is 1.95. The normalized spacial score (nSPS) is 31.6. The van der Waals surface area contributed by atoms with Gasteiger partial charge in [-0.2, -0.15) is 0 Å². The number of rotatable bonds is 3. The van der Waals surface area contributed by atoms with E-state index in [1.165, 1.54) is 6.07 Å². The zero-order valence-electron chi connectivity index (χ0n) is 11.1. The summed E-state index contributed by atoms with van der Waals surface area (Å²) in [6.45, 7) is 0.205. The molecule has 2 bridgehead atoms. The lowest BCUT2D eigenvalue weighted by atomic mass is 9.84. The molecule has 0 heterocycles. The van der Waals surface area contributed by atoms with Gasteiger partial charge in [0.15, 0.2) is 11.6 Å². The maximum atomic E-state index is 13.1. The fraction of sp³-hybridized carbons (Fsp3) is 0.533. The Hall–Kier alpha value is -1.49. The van der Waals surface area contributed by atoms with Gasteiger partial charge in [-0.25, -0.2) is 8.78 Å². The van der Waals surface area contributed by atoms with Crippen LogP contribution in [0.3, 0.4) is 0 Å². The van der Waals surface area contributed by atoms with E-state index in [1.807, 2.05) is 0 Å². The minimum atomic E-state index is -0.895. The van der Waals surface area contributed by atoms with Crippen LogP contribution in [0.2, 0.25) is 0 Å². The van der Waals surface area contributed by atoms with Crippen molar-refractivity contribution in [3.63, 3.8) is 0 Å². The Balaban J connectivity index is 1.61. The topological polar surface area (TPSA) is 55.1 Å². The second-order valence-corrected chi connectivity index (χ2v) is 5.90. The molecule has 1 aromatic rings. The van der Waals surface area contributed by atoms with Gasteiger partial charge in [-0.05, 0) is 48.8 Å². The van der Waals surface area contributed by atoms with E-state index in [1.54, 1.807) is 0 Å². The molecule has 1 amide bonds.